The number of nitrogens with one attached hydrogen (secondary N) is 1. The number of aliphatic imine (C=N–C) groups is 4. The van der Waals surface area contributed by atoms with Crippen molar-refractivity contribution in [3.8, 4) is 11.1 Å². The standard InChI is InChI=1S/C76H105N10O2/c1-5-9-13-17-21-25-29-33-37-55-41-43-57(39-35-31-27-23-19-15-11-7-3)67-65(55)73-79-69-61-45-47-85(49-59-53-87-59)51-63(61)72(77-69)82-76-68-58(40-36-32-28-24-20-16-12-8-4)44-42-56(38-34-30-26-22-18-14-10-6-2)66(68)74(84-76)80-70-62-46-48-86(50-60-54-88-60)52-64(62)71(78-70)81-75(67)83-73/h41-48,51-52,59-60H,5-40,49-50,53-54H2,1-4H3,(H,77,78,79,80,81,82,83,84)/q+1. The van der Waals surface area contributed by atoms with Gasteiger partial charge in [0.1, 0.15) is 17.1 Å². The zero-order valence-corrected chi connectivity index (χ0v) is 54.6. The molecule has 2 aromatic heterocycles. The molecule has 11 rings (SSSR count). The molecule has 8 bridgehead atoms. The lowest BCUT2D eigenvalue weighted by Crippen LogP contribution is -2.36. The third-order valence-corrected chi connectivity index (χ3v) is 19.2. The summed E-state index contributed by atoms with van der Waals surface area (Å²) in [5.41, 5.74) is 12.8. The third kappa shape index (κ3) is 16.9. The van der Waals surface area contributed by atoms with Gasteiger partial charge in [0.15, 0.2) is 53.9 Å². The molecular weight excluding hydrogens is 1080 g/mol. The summed E-state index contributed by atoms with van der Waals surface area (Å²) in [5.74, 6) is 3.90. The summed E-state index contributed by atoms with van der Waals surface area (Å²) < 4.78 is 16.1. The first-order valence-corrected chi connectivity index (χ1v) is 35.9. The Hall–Kier alpha value is -5.98. The molecule has 1 N–H and O–H groups in total. The third-order valence-electron chi connectivity index (χ3n) is 19.2. The molecule has 7 aliphatic rings. The van der Waals surface area contributed by atoms with Crippen LogP contribution in [0, 0.1) is 0 Å². The molecule has 4 aromatic rings. The van der Waals surface area contributed by atoms with Crippen molar-refractivity contribution in [3.05, 3.63) is 117 Å². The van der Waals surface area contributed by atoms with Crippen molar-refractivity contribution in [2.45, 2.75) is 284 Å². The SMILES string of the molecule is CCCCCCCCCCc1ccc(CCCCCCCCCC)c2c1C1=NC2=Nc2nc(c3ccn(CC4CO4)cc2-3)N=c2[nH]c(c3c(CCCCCCCCCC)ccc(CCCCCCCCCC)c23)=NC2=NC(=N1)c1cc[n+](CC3CO3)cc12. The number of benzene rings is 2. The fourth-order valence-corrected chi connectivity index (χ4v) is 13.9. The monoisotopic (exact) mass is 1190 g/mol. The van der Waals surface area contributed by atoms with E-state index in [9.17, 15) is 0 Å². The Morgan fingerprint density at radius 1 is 0.420 bits per heavy atom. The number of rotatable bonds is 40. The van der Waals surface area contributed by atoms with E-state index < -0.39 is 0 Å². The molecule has 2 saturated heterocycles. The zero-order chi connectivity index (χ0) is 60.3. The van der Waals surface area contributed by atoms with Gasteiger partial charge in [-0.05, 0) is 79.7 Å². The maximum absolute atomic E-state index is 5.80. The van der Waals surface area contributed by atoms with E-state index in [1.165, 1.54) is 202 Å². The number of nitrogens with zero attached hydrogens (tertiary/aromatic N) is 9. The highest BCUT2D eigenvalue weighted by molar-refractivity contribution is 6.30. The lowest BCUT2D eigenvalue weighted by atomic mass is 9.90. The summed E-state index contributed by atoms with van der Waals surface area (Å²) in [6, 6.07) is 14.0. The van der Waals surface area contributed by atoms with Crippen LogP contribution >= 0.6 is 0 Å². The van der Waals surface area contributed by atoms with Gasteiger partial charge in [-0.15, -0.1) is 0 Å². The van der Waals surface area contributed by atoms with Crippen LogP contribution in [0.15, 0.2) is 91.1 Å². The van der Waals surface area contributed by atoms with Crippen LogP contribution < -0.4 is 15.5 Å². The van der Waals surface area contributed by atoms with E-state index in [1.54, 1.807) is 0 Å². The first-order valence-electron chi connectivity index (χ1n) is 35.9. The minimum absolute atomic E-state index is 0.207. The van der Waals surface area contributed by atoms with Crippen molar-refractivity contribution in [2.24, 2.45) is 30.0 Å². The van der Waals surface area contributed by atoms with Crippen LogP contribution in [0.2, 0.25) is 0 Å². The Morgan fingerprint density at radius 3 is 1.35 bits per heavy atom. The van der Waals surface area contributed by atoms with Gasteiger partial charge in [0, 0.05) is 57.0 Å². The summed E-state index contributed by atoms with van der Waals surface area (Å²) in [6.45, 7) is 12.3. The Kier molecular flexibility index (Phi) is 23.6. The number of hydrogen-bond donors (Lipinski definition) is 1. The van der Waals surface area contributed by atoms with Crippen molar-refractivity contribution in [1.82, 2.24) is 14.5 Å². The van der Waals surface area contributed by atoms with Crippen molar-refractivity contribution in [2.75, 3.05) is 13.2 Å². The molecule has 2 atom stereocenters. The van der Waals surface area contributed by atoms with E-state index in [4.69, 9.17) is 44.4 Å². The van der Waals surface area contributed by atoms with Gasteiger partial charge in [0.05, 0.1) is 31.4 Å². The zero-order valence-electron chi connectivity index (χ0n) is 54.6. The fraction of sp³-hybridized carbons (Fsp3) is 0.605. The smallest absolute Gasteiger partial charge is 0.180 e. The van der Waals surface area contributed by atoms with Gasteiger partial charge in [0.25, 0.3) is 0 Å². The second-order valence-corrected chi connectivity index (χ2v) is 26.6. The van der Waals surface area contributed by atoms with E-state index in [0.29, 0.717) is 35.0 Å². The number of fused-ring (bicyclic) bond motifs is 18. The van der Waals surface area contributed by atoms with Crippen molar-refractivity contribution < 1.29 is 14.0 Å². The summed E-state index contributed by atoms with van der Waals surface area (Å²) >= 11 is 0. The second-order valence-electron chi connectivity index (χ2n) is 26.6. The first kappa shape index (κ1) is 63.6. The van der Waals surface area contributed by atoms with Gasteiger partial charge >= 0.3 is 0 Å². The molecule has 12 nitrogen and oxygen atoms in total. The maximum Gasteiger partial charge on any atom is 0.180 e. The average molecular weight is 1190 g/mol. The predicted octanol–water partition coefficient (Wildman–Crippen LogP) is 17.9. The lowest BCUT2D eigenvalue weighted by Gasteiger charge is -2.14. The minimum Gasteiger partial charge on any atom is -0.371 e. The highest BCUT2D eigenvalue weighted by Crippen LogP contribution is 2.42. The number of pyridine rings is 2. The Bertz CT molecular complexity index is 3480. The van der Waals surface area contributed by atoms with Crippen molar-refractivity contribution >= 4 is 45.8 Å². The van der Waals surface area contributed by atoms with Crippen LogP contribution in [0.25, 0.3) is 21.9 Å². The lowest BCUT2D eigenvalue weighted by molar-refractivity contribution is -0.698. The molecule has 0 spiro atoms. The van der Waals surface area contributed by atoms with Crippen LogP contribution in [0.5, 0.6) is 0 Å². The highest BCUT2D eigenvalue weighted by atomic mass is 16.6. The number of aryl methyl sites for hydroxylation is 4. The number of aromatic amines is 1. The molecule has 0 radical (unpaired) electrons. The van der Waals surface area contributed by atoms with Crippen LogP contribution in [0.1, 0.15) is 278 Å². The number of H-pyrrole nitrogens is 1. The molecule has 12 heteroatoms. The topological polar surface area (TPSA) is 137 Å². The molecule has 0 aliphatic carbocycles. The van der Waals surface area contributed by atoms with Gasteiger partial charge in [-0.1, -0.05) is 232 Å². The molecule has 2 aromatic carbocycles. The molecule has 2 unspecified atom stereocenters. The summed E-state index contributed by atoms with van der Waals surface area (Å²) in [6.07, 6.45) is 53.7. The number of unbranched alkanes of at least 4 members (excludes halogenated alkanes) is 28. The summed E-state index contributed by atoms with van der Waals surface area (Å²) in [7, 11) is 0. The number of epoxide rings is 2. The molecule has 9 heterocycles. The predicted molar refractivity (Wildman–Crippen MR) is 363 cm³/mol. The van der Waals surface area contributed by atoms with Gasteiger partial charge in [-0.3, -0.25) is 0 Å². The van der Waals surface area contributed by atoms with Gasteiger partial charge in [0.2, 0.25) is 0 Å². The van der Waals surface area contributed by atoms with Gasteiger partial charge in [-0.25, -0.2) is 39.5 Å². The number of hydrogen-bond acceptors (Lipinski definition) is 9. The molecule has 0 amide bonds. The van der Waals surface area contributed by atoms with Gasteiger partial charge < -0.3 is 19.0 Å². The maximum atomic E-state index is 5.80. The molecular formula is C76H105N10O2+. The van der Waals surface area contributed by atoms with Crippen LogP contribution in [0.4, 0.5) is 11.6 Å². The molecule has 0 saturated carbocycles. The largest absolute Gasteiger partial charge is 0.371 e. The van der Waals surface area contributed by atoms with E-state index in [-0.39, 0.29) is 12.2 Å². The molecule has 88 heavy (non-hydrogen) atoms. The van der Waals surface area contributed by atoms with Crippen LogP contribution in [-0.2, 0) is 48.2 Å². The number of aromatic nitrogens is 4. The first-order chi connectivity index (χ1) is 43.5. The minimum atomic E-state index is 0.207. The summed E-state index contributed by atoms with van der Waals surface area (Å²) in [5, 5.41) is 2.30. The number of ether oxygens (including phenoxy) is 2. The Labute approximate surface area is 526 Å². The Morgan fingerprint density at radius 2 is 0.841 bits per heavy atom. The quantitative estimate of drug-likeness (QED) is 0.0233. The van der Waals surface area contributed by atoms with E-state index in [2.05, 4.69) is 103 Å². The Balaban J connectivity index is 1.07. The van der Waals surface area contributed by atoms with Crippen LogP contribution in [0.3, 0.4) is 0 Å². The van der Waals surface area contributed by atoms with Crippen molar-refractivity contribution in [3.63, 3.8) is 0 Å². The molecule has 2 fully saturated rings. The molecule has 7 aliphatic heterocycles. The molecule has 470 valence electrons. The highest BCUT2D eigenvalue weighted by Gasteiger charge is 2.34. The normalized spacial score (nSPS) is 16.4. The second kappa shape index (κ2) is 32.7. The average Bonchev–Trinajstić information content (AvgIpc) is 1.83. The van der Waals surface area contributed by atoms with E-state index in [1.807, 2.05) is 0 Å². The van der Waals surface area contributed by atoms with Gasteiger partial charge in [-0.2, -0.15) is 0 Å². The van der Waals surface area contributed by atoms with E-state index in [0.717, 1.165) is 133 Å². The number of amidine groups is 4. The van der Waals surface area contributed by atoms with Crippen LogP contribution in [-0.4, -0.2) is 63.3 Å². The van der Waals surface area contributed by atoms with Crippen molar-refractivity contribution in [1.29, 1.82) is 0 Å². The summed E-state index contributed by atoms with van der Waals surface area (Å²) in [4.78, 5) is 43.5. The van der Waals surface area contributed by atoms with E-state index >= 15 is 0 Å². The fourth-order valence-electron chi connectivity index (χ4n) is 13.9.